The minimum atomic E-state index is -3.79. The number of benzene rings is 2. The van der Waals surface area contributed by atoms with Crippen molar-refractivity contribution < 1.29 is 13.5 Å². The molecule has 0 amide bonds. The van der Waals surface area contributed by atoms with Crippen molar-refractivity contribution in [3.05, 3.63) is 52.5 Å². The number of phenols is 1. The SMILES string of the molecule is Cc1cc(C)c(NS(=O)(=O)c2cccc(O)c2)c(Cl)c1. The van der Waals surface area contributed by atoms with Gasteiger partial charge in [0.1, 0.15) is 5.75 Å². The lowest BCUT2D eigenvalue weighted by molar-refractivity contribution is 0.473. The van der Waals surface area contributed by atoms with Crippen LogP contribution in [-0.2, 0) is 10.0 Å². The molecule has 0 fully saturated rings. The number of phenolic OH excluding ortho intramolecular Hbond substituents is 1. The summed E-state index contributed by atoms with van der Waals surface area (Å²) in [5.74, 6) is -0.111. The molecule has 0 spiro atoms. The molecule has 2 N–H and O–H groups in total. The summed E-state index contributed by atoms with van der Waals surface area (Å²) in [6, 6.07) is 8.98. The number of hydrogen-bond acceptors (Lipinski definition) is 3. The molecule has 6 heteroatoms. The van der Waals surface area contributed by atoms with E-state index < -0.39 is 10.0 Å². The van der Waals surface area contributed by atoms with E-state index in [0.29, 0.717) is 10.7 Å². The van der Waals surface area contributed by atoms with Crippen LogP contribution in [-0.4, -0.2) is 13.5 Å². The third kappa shape index (κ3) is 3.05. The van der Waals surface area contributed by atoms with E-state index >= 15 is 0 Å². The van der Waals surface area contributed by atoms with Crippen molar-refractivity contribution in [3.63, 3.8) is 0 Å². The van der Waals surface area contributed by atoms with Crippen molar-refractivity contribution >= 4 is 27.3 Å². The van der Waals surface area contributed by atoms with Gasteiger partial charge in [0.2, 0.25) is 0 Å². The average Bonchev–Trinajstić information content (AvgIpc) is 2.34. The van der Waals surface area contributed by atoms with E-state index in [0.717, 1.165) is 11.1 Å². The van der Waals surface area contributed by atoms with Crippen LogP contribution in [0.4, 0.5) is 5.69 Å². The zero-order chi connectivity index (χ0) is 14.9. The van der Waals surface area contributed by atoms with Gasteiger partial charge in [0.05, 0.1) is 15.6 Å². The van der Waals surface area contributed by atoms with Gasteiger partial charge in [-0.15, -0.1) is 0 Å². The number of anilines is 1. The van der Waals surface area contributed by atoms with Crippen LogP contribution >= 0.6 is 11.6 Å². The monoisotopic (exact) mass is 311 g/mol. The molecular weight excluding hydrogens is 298 g/mol. The molecule has 0 heterocycles. The quantitative estimate of drug-likeness (QED) is 0.912. The first-order chi connectivity index (χ1) is 9.29. The Labute approximate surface area is 123 Å². The maximum absolute atomic E-state index is 12.3. The number of halogens is 1. The fraction of sp³-hybridized carbons (Fsp3) is 0.143. The summed E-state index contributed by atoms with van der Waals surface area (Å²) in [5, 5.41) is 9.71. The molecule has 106 valence electrons. The van der Waals surface area contributed by atoms with Gasteiger partial charge >= 0.3 is 0 Å². The summed E-state index contributed by atoms with van der Waals surface area (Å²) in [7, 11) is -3.79. The highest BCUT2D eigenvalue weighted by atomic mass is 35.5. The topological polar surface area (TPSA) is 66.4 Å². The highest BCUT2D eigenvalue weighted by Gasteiger charge is 2.17. The van der Waals surface area contributed by atoms with Crippen LogP contribution in [0.15, 0.2) is 41.3 Å². The van der Waals surface area contributed by atoms with E-state index in [9.17, 15) is 13.5 Å². The molecule has 4 nitrogen and oxygen atoms in total. The van der Waals surface area contributed by atoms with Crippen LogP contribution in [0, 0.1) is 13.8 Å². The number of sulfonamides is 1. The number of rotatable bonds is 3. The maximum atomic E-state index is 12.3. The summed E-state index contributed by atoms with van der Waals surface area (Å²) < 4.78 is 27.0. The van der Waals surface area contributed by atoms with Crippen molar-refractivity contribution in [2.45, 2.75) is 18.7 Å². The van der Waals surface area contributed by atoms with Crippen molar-refractivity contribution in [3.8, 4) is 5.75 Å². The van der Waals surface area contributed by atoms with Gasteiger partial charge in [0.25, 0.3) is 10.0 Å². The van der Waals surface area contributed by atoms with E-state index in [4.69, 9.17) is 11.6 Å². The molecule has 20 heavy (non-hydrogen) atoms. The summed E-state index contributed by atoms with van der Waals surface area (Å²) in [6.45, 7) is 3.66. The first kappa shape index (κ1) is 14.7. The van der Waals surface area contributed by atoms with Crippen LogP contribution in [0.25, 0.3) is 0 Å². The number of nitrogens with one attached hydrogen (secondary N) is 1. The molecule has 0 aliphatic heterocycles. The van der Waals surface area contributed by atoms with Gasteiger partial charge in [0.15, 0.2) is 0 Å². The Morgan fingerprint density at radius 1 is 1.15 bits per heavy atom. The zero-order valence-corrected chi connectivity index (χ0v) is 12.6. The second-order valence-corrected chi connectivity index (χ2v) is 6.63. The molecule has 0 aromatic heterocycles. The van der Waals surface area contributed by atoms with E-state index in [2.05, 4.69) is 4.72 Å². The lowest BCUT2D eigenvalue weighted by Crippen LogP contribution is -2.14. The molecule has 0 atom stereocenters. The Morgan fingerprint density at radius 2 is 1.85 bits per heavy atom. The molecule has 2 rings (SSSR count). The van der Waals surface area contributed by atoms with Crippen molar-refractivity contribution in [1.29, 1.82) is 0 Å². The zero-order valence-electron chi connectivity index (χ0n) is 11.0. The predicted molar refractivity (Wildman–Crippen MR) is 79.8 cm³/mol. The standard InChI is InChI=1S/C14H14ClNO3S/c1-9-6-10(2)14(13(15)7-9)16-20(18,19)12-5-3-4-11(17)8-12/h3-8,16-17H,1-2H3. The summed E-state index contributed by atoms with van der Waals surface area (Å²) in [5.41, 5.74) is 2.03. The molecule has 0 unspecified atom stereocenters. The van der Waals surface area contributed by atoms with E-state index in [1.807, 2.05) is 13.0 Å². The predicted octanol–water partition coefficient (Wildman–Crippen LogP) is 3.46. The van der Waals surface area contributed by atoms with Crippen molar-refractivity contribution in [2.75, 3.05) is 4.72 Å². The first-order valence-corrected chi connectivity index (χ1v) is 7.74. The summed E-state index contributed by atoms with van der Waals surface area (Å²) in [4.78, 5) is -0.0199. The van der Waals surface area contributed by atoms with Crippen LogP contribution in [0.3, 0.4) is 0 Å². The molecule has 0 saturated heterocycles. The Balaban J connectivity index is 2.44. The van der Waals surface area contributed by atoms with Gasteiger partial charge in [-0.05, 0) is 43.2 Å². The molecular formula is C14H14ClNO3S. The fourth-order valence-electron chi connectivity index (χ4n) is 1.89. The molecule has 0 bridgehead atoms. The Bertz CT molecular complexity index is 734. The van der Waals surface area contributed by atoms with Gasteiger partial charge in [-0.2, -0.15) is 0 Å². The lowest BCUT2D eigenvalue weighted by Gasteiger charge is -2.13. The Hall–Kier alpha value is -1.72. The molecule has 0 aliphatic carbocycles. The van der Waals surface area contributed by atoms with E-state index in [-0.39, 0.29) is 10.6 Å². The fourth-order valence-corrected chi connectivity index (χ4v) is 3.50. The normalized spacial score (nSPS) is 11.3. The molecule has 0 saturated carbocycles. The molecule has 2 aromatic carbocycles. The third-order valence-electron chi connectivity index (χ3n) is 2.80. The largest absolute Gasteiger partial charge is 0.508 e. The number of hydrogen-bond donors (Lipinski definition) is 2. The Morgan fingerprint density at radius 3 is 2.45 bits per heavy atom. The highest BCUT2D eigenvalue weighted by Crippen LogP contribution is 2.30. The van der Waals surface area contributed by atoms with Crippen LogP contribution in [0.2, 0.25) is 5.02 Å². The minimum Gasteiger partial charge on any atom is -0.508 e. The minimum absolute atomic E-state index is 0.0199. The van der Waals surface area contributed by atoms with Gasteiger partial charge in [-0.3, -0.25) is 4.72 Å². The second kappa shape index (κ2) is 5.34. The van der Waals surface area contributed by atoms with Crippen molar-refractivity contribution in [1.82, 2.24) is 0 Å². The highest BCUT2D eigenvalue weighted by molar-refractivity contribution is 7.92. The molecule has 0 radical (unpaired) electrons. The Kier molecular flexibility index (Phi) is 3.92. The molecule has 2 aromatic rings. The molecule has 0 aliphatic rings. The van der Waals surface area contributed by atoms with Gasteiger partial charge in [-0.25, -0.2) is 8.42 Å². The van der Waals surface area contributed by atoms with Crippen LogP contribution in [0.5, 0.6) is 5.75 Å². The van der Waals surface area contributed by atoms with E-state index in [1.54, 1.807) is 13.0 Å². The van der Waals surface area contributed by atoms with Gasteiger partial charge < -0.3 is 5.11 Å². The first-order valence-electron chi connectivity index (χ1n) is 5.88. The smallest absolute Gasteiger partial charge is 0.262 e. The van der Waals surface area contributed by atoms with Gasteiger partial charge in [0, 0.05) is 6.07 Å². The lowest BCUT2D eigenvalue weighted by atomic mass is 10.1. The van der Waals surface area contributed by atoms with Crippen LogP contribution in [0.1, 0.15) is 11.1 Å². The van der Waals surface area contributed by atoms with Crippen LogP contribution < -0.4 is 4.72 Å². The maximum Gasteiger partial charge on any atom is 0.262 e. The number of aryl methyl sites for hydroxylation is 2. The summed E-state index contributed by atoms with van der Waals surface area (Å²) in [6.07, 6.45) is 0. The third-order valence-corrected chi connectivity index (χ3v) is 4.44. The summed E-state index contributed by atoms with van der Waals surface area (Å²) >= 11 is 6.08. The van der Waals surface area contributed by atoms with E-state index in [1.165, 1.54) is 24.3 Å². The number of aromatic hydroxyl groups is 1. The van der Waals surface area contributed by atoms with Crippen molar-refractivity contribution in [2.24, 2.45) is 0 Å². The second-order valence-electron chi connectivity index (χ2n) is 4.54. The average molecular weight is 312 g/mol. The van der Waals surface area contributed by atoms with Gasteiger partial charge in [-0.1, -0.05) is 23.7 Å².